The number of amides is 3. The number of nitrogens with one attached hydrogen (secondary N) is 2. The fourth-order valence-corrected chi connectivity index (χ4v) is 1.22. The van der Waals surface area contributed by atoms with Crippen molar-refractivity contribution in [3.05, 3.63) is 0 Å². The maximum atomic E-state index is 11.6. The van der Waals surface area contributed by atoms with Gasteiger partial charge in [-0.15, -0.1) is 0 Å². The minimum Gasteiger partial charge on any atom is -0.481 e. The van der Waals surface area contributed by atoms with Crippen LogP contribution in [-0.4, -0.2) is 35.1 Å². The van der Waals surface area contributed by atoms with Crippen LogP contribution in [0.5, 0.6) is 0 Å². The van der Waals surface area contributed by atoms with E-state index >= 15 is 0 Å². The molecule has 0 aromatic carbocycles. The number of carbonyl (C=O) groups excluding carboxylic acids is 2. The molecule has 0 saturated carbocycles. The third-order valence-electron chi connectivity index (χ3n) is 2.50. The van der Waals surface area contributed by atoms with Crippen molar-refractivity contribution in [3.63, 3.8) is 0 Å². The van der Waals surface area contributed by atoms with E-state index in [0.717, 1.165) is 0 Å². The highest BCUT2D eigenvalue weighted by atomic mass is 16.4. The van der Waals surface area contributed by atoms with Crippen molar-refractivity contribution in [2.75, 3.05) is 0 Å². The van der Waals surface area contributed by atoms with Gasteiger partial charge in [-0.2, -0.15) is 0 Å². The van der Waals surface area contributed by atoms with Crippen LogP contribution in [0.2, 0.25) is 0 Å². The van der Waals surface area contributed by atoms with E-state index < -0.39 is 35.4 Å². The summed E-state index contributed by atoms with van der Waals surface area (Å²) in [5.74, 6) is -1.66. The average molecular weight is 259 g/mol. The van der Waals surface area contributed by atoms with Crippen molar-refractivity contribution in [3.8, 4) is 0 Å². The maximum Gasteiger partial charge on any atom is 0.315 e. The van der Waals surface area contributed by atoms with E-state index in [0.29, 0.717) is 0 Å². The fraction of sp³-hybridized carbons (Fsp3) is 0.727. The lowest BCUT2D eigenvalue weighted by molar-refractivity contribution is -0.138. The lowest BCUT2D eigenvalue weighted by Gasteiger charge is -2.30. The number of carbonyl (C=O) groups is 3. The minimum absolute atomic E-state index is 0.193. The van der Waals surface area contributed by atoms with Gasteiger partial charge >= 0.3 is 12.0 Å². The summed E-state index contributed by atoms with van der Waals surface area (Å²) in [5.41, 5.74) is 4.60. The second-order valence-corrected chi connectivity index (χ2v) is 5.26. The molecule has 0 fully saturated rings. The van der Waals surface area contributed by atoms with Crippen LogP contribution in [0, 0.1) is 5.41 Å². The largest absolute Gasteiger partial charge is 0.481 e. The number of hydrogen-bond acceptors (Lipinski definition) is 3. The van der Waals surface area contributed by atoms with Crippen LogP contribution in [0.25, 0.3) is 0 Å². The molecule has 2 unspecified atom stereocenters. The molecule has 5 N–H and O–H groups in total. The lowest BCUT2D eigenvalue weighted by atomic mass is 9.85. The Morgan fingerprint density at radius 3 is 2.06 bits per heavy atom. The van der Waals surface area contributed by atoms with Crippen LogP contribution in [0.4, 0.5) is 4.79 Å². The first-order valence-electron chi connectivity index (χ1n) is 5.62. The molecule has 0 aliphatic carbocycles. The van der Waals surface area contributed by atoms with Gasteiger partial charge in [0, 0.05) is 6.04 Å². The van der Waals surface area contributed by atoms with E-state index in [4.69, 9.17) is 10.8 Å². The lowest BCUT2D eigenvalue weighted by Crippen LogP contribution is -2.53. The molecule has 0 bridgehead atoms. The fourth-order valence-electron chi connectivity index (χ4n) is 1.22. The molecule has 0 aromatic rings. The highest BCUT2D eigenvalue weighted by molar-refractivity contribution is 5.85. The molecular formula is C11H21N3O4. The van der Waals surface area contributed by atoms with Gasteiger partial charge in [0.05, 0.1) is 6.42 Å². The number of primary amides is 1. The molecule has 0 spiro atoms. The molecule has 2 atom stereocenters. The molecule has 104 valence electrons. The van der Waals surface area contributed by atoms with E-state index in [9.17, 15) is 14.4 Å². The monoisotopic (exact) mass is 259 g/mol. The Bertz CT molecular complexity index is 336. The summed E-state index contributed by atoms with van der Waals surface area (Å²) in [4.78, 5) is 33.1. The van der Waals surface area contributed by atoms with Gasteiger partial charge in [0.25, 0.3) is 0 Å². The summed E-state index contributed by atoms with van der Waals surface area (Å²) < 4.78 is 0. The summed E-state index contributed by atoms with van der Waals surface area (Å²) in [6, 6.07) is -1.96. The zero-order chi connectivity index (χ0) is 14.5. The second kappa shape index (κ2) is 6.23. The summed E-state index contributed by atoms with van der Waals surface area (Å²) in [6.45, 7) is 6.90. The van der Waals surface area contributed by atoms with E-state index in [1.54, 1.807) is 0 Å². The zero-order valence-electron chi connectivity index (χ0n) is 11.1. The molecule has 3 amide bonds. The first-order chi connectivity index (χ1) is 8.04. The number of nitrogens with two attached hydrogens (primary N) is 1. The molecule has 0 aliphatic heterocycles. The first kappa shape index (κ1) is 16.2. The number of rotatable bonds is 5. The van der Waals surface area contributed by atoms with Crippen LogP contribution in [0.1, 0.15) is 34.1 Å². The van der Waals surface area contributed by atoms with E-state index in [-0.39, 0.29) is 6.42 Å². The van der Waals surface area contributed by atoms with Crippen LogP contribution < -0.4 is 16.4 Å². The average Bonchev–Trinajstić information content (AvgIpc) is 2.13. The van der Waals surface area contributed by atoms with Gasteiger partial charge in [0.2, 0.25) is 5.91 Å². The van der Waals surface area contributed by atoms with Gasteiger partial charge in [-0.05, 0) is 12.3 Å². The first-order valence-corrected chi connectivity index (χ1v) is 5.62. The molecule has 0 radical (unpaired) electrons. The molecule has 7 nitrogen and oxygen atoms in total. The topological polar surface area (TPSA) is 122 Å². The summed E-state index contributed by atoms with van der Waals surface area (Å²) in [5, 5.41) is 13.7. The van der Waals surface area contributed by atoms with Crippen molar-refractivity contribution in [1.82, 2.24) is 10.6 Å². The highest BCUT2D eigenvalue weighted by Gasteiger charge is 2.28. The SMILES string of the molecule is CC(NC(=O)NC(CC(=O)O)C(C)(C)C)C(N)=O. The Hall–Kier alpha value is -1.79. The smallest absolute Gasteiger partial charge is 0.315 e. The third kappa shape index (κ3) is 6.07. The van der Waals surface area contributed by atoms with E-state index in [1.807, 2.05) is 20.8 Å². The standard InChI is InChI=1S/C11H21N3O4/c1-6(9(12)17)13-10(18)14-7(5-8(15)16)11(2,3)4/h6-7H,5H2,1-4H3,(H2,12,17)(H,15,16)(H2,13,14,18). The molecule has 0 rings (SSSR count). The molecule has 18 heavy (non-hydrogen) atoms. The van der Waals surface area contributed by atoms with Gasteiger partial charge in [0.15, 0.2) is 0 Å². The van der Waals surface area contributed by atoms with Crippen LogP contribution in [-0.2, 0) is 9.59 Å². The molecular weight excluding hydrogens is 238 g/mol. The molecule has 0 heterocycles. The van der Waals surface area contributed by atoms with Crippen molar-refractivity contribution >= 4 is 17.9 Å². The second-order valence-electron chi connectivity index (χ2n) is 5.26. The molecule has 0 aliphatic rings. The van der Waals surface area contributed by atoms with Crippen molar-refractivity contribution in [1.29, 1.82) is 0 Å². The Labute approximate surface area is 106 Å². The van der Waals surface area contributed by atoms with Gasteiger partial charge in [-0.1, -0.05) is 20.8 Å². The number of hydrogen-bond donors (Lipinski definition) is 4. The van der Waals surface area contributed by atoms with Crippen molar-refractivity contribution in [2.24, 2.45) is 11.1 Å². The minimum atomic E-state index is -1.00. The molecule has 7 heteroatoms. The zero-order valence-corrected chi connectivity index (χ0v) is 11.1. The van der Waals surface area contributed by atoms with Crippen LogP contribution in [0.3, 0.4) is 0 Å². The number of carboxylic acids is 1. The molecule has 0 saturated heterocycles. The Balaban J connectivity index is 4.54. The quantitative estimate of drug-likeness (QED) is 0.557. The van der Waals surface area contributed by atoms with E-state index in [1.165, 1.54) is 6.92 Å². The van der Waals surface area contributed by atoms with Gasteiger partial charge in [0.1, 0.15) is 6.04 Å². The van der Waals surface area contributed by atoms with Crippen LogP contribution >= 0.6 is 0 Å². The number of urea groups is 1. The van der Waals surface area contributed by atoms with Crippen molar-refractivity contribution in [2.45, 2.75) is 46.2 Å². The highest BCUT2D eigenvalue weighted by Crippen LogP contribution is 2.21. The van der Waals surface area contributed by atoms with Gasteiger partial charge in [-0.25, -0.2) is 4.79 Å². The predicted octanol–water partition coefficient (Wildman–Crippen LogP) is 0.0488. The molecule has 0 aromatic heterocycles. The van der Waals surface area contributed by atoms with Crippen LogP contribution in [0.15, 0.2) is 0 Å². The predicted molar refractivity (Wildman–Crippen MR) is 65.8 cm³/mol. The van der Waals surface area contributed by atoms with E-state index in [2.05, 4.69) is 10.6 Å². The Kier molecular flexibility index (Phi) is 5.61. The van der Waals surface area contributed by atoms with Gasteiger partial charge < -0.3 is 21.5 Å². The normalized spacial score (nSPS) is 14.4. The summed E-state index contributed by atoms with van der Waals surface area (Å²) in [6.07, 6.45) is -0.193. The third-order valence-corrected chi connectivity index (χ3v) is 2.50. The van der Waals surface area contributed by atoms with Crippen molar-refractivity contribution < 1.29 is 19.5 Å². The van der Waals surface area contributed by atoms with Gasteiger partial charge in [-0.3, -0.25) is 9.59 Å². The Morgan fingerprint density at radius 1 is 1.22 bits per heavy atom. The maximum absolute atomic E-state index is 11.6. The number of aliphatic carboxylic acids is 1. The summed E-state index contributed by atoms with van der Waals surface area (Å²) >= 11 is 0. The summed E-state index contributed by atoms with van der Waals surface area (Å²) in [7, 11) is 0. The number of carboxylic acid groups (broad SMARTS) is 1. The Morgan fingerprint density at radius 2 is 1.72 bits per heavy atom.